The number of aliphatic hydroxyl groups is 1. The highest BCUT2D eigenvalue weighted by atomic mass is 16.5. The Morgan fingerprint density at radius 3 is 1.94 bits per heavy atom. The van der Waals surface area contributed by atoms with E-state index >= 15 is 0 Å². The molecule has 0 bridgehead atoms. The number of anilines is 1. The van der Waals surface area contributed by atoms with Crippen molar-refractivity contribution >= 4 is 23.6 Å². The van der Waals surface area contributed by atoms with E-state index in [1.807, 2.05) is 36.4 Å². The third kappa shape index (κ3) is 5.55. The van der Waals surface area contributed by atoms with E-state index in [0.29, 0.717) is 5.69 Å². The number of fused-ring (bicyclic) bond motifs is 3. The van der Waals surface area contributed by atoms with Gasteiger partial charge in [-0.15, -0.1) is 0 Å². The standard InChI is InChI=1S/C28H29N3O5/c1-17(27(34)31-20-13-11-19(15-32)12-14-20)29-26(33)18(2)30-28(35)36-16-25-23-9-5-3-7-21(23)22-8-4-6-10-24(22)25/h3-14,17-18,25,32H,15-16H2,1-2H3,(H,29,33)(H,30,35)(H,31,34)/t17-,18+/m0/s1. The van der Waals surface area contributed by atoms with Crippen LogP contribution in [0, 0.1) is 0 Å². The lowest BCUT2D eigenvalue weighted by Crippen LogP contribution is -2.50. The van der Waals surface area contributed by atoms with Crippen LogP contribution in [0.1, 0.15) is 36.5 Å². The minimum absolute atomic E-state index is 0.0811. The highest BCUT2D eigenvalue weighted by Crippen LogP contribution is 2.44. The molecule has 3 amide bonds. The van der Waals surface area contributed by atoms with Crippen molar-refractivity contribution < 1.29 is 24.2 Å². The predicted octanol–water partition coefficient (Wildman–Crippen LogP) is 3.55. The lowest BCUT2D eigenvalue weighted by Gasteiger charge is -2.19. The first kappa shape index (κ1) is 24.9. The second kappa shape index (κ2) is 11.0. The van der Waals surface area contributed by atoms with E-state index in [-0.39, 0.29) is 19.1 Å². The topological polar surface area (TPSA) is 117 Å². The van der Waals surface area contributed by atoms with Crippen LogP contribution in [-0.2, 0) is 20.9 Å². The highest BCUT2D eigenvalue weighted by Gasteiger charge is 2.29. The number of nitrogens with one attached hydrogen (secondary N) is 3. The number of hydrogen-bond donors (Lipinski definition) is 4. The van der Waals surface area contributed by atoms with Crippen molar-refractivity contribution in [2.45, 2.75) is 38.5 Å². The molecule has 3 aromatic carbocycles. The summed E-state index contributed by atoms with van der Waals surface area (Å²) in [6.45, 7) is 3.13. The van der Waals surface area contributed by atoms with Crippen LogP contribution < -0.4 is 16.0 Å². The molecule has 0 unspecified atom stereocenters. The van der Waals surface area contributed by atoms with Gasteiger partial charge >= 0.3 is 6.09 Å². The molecular formula is C28H29N3O5. The molecule has 8 nitrogen and oxygen atoms in total. The molecule has 0 heterocycles. The first-order chi connectivity index (χ1) is 17.4. The molecule has 0 aliphatic heterocycles. The number of hydrogen-bond acceptors (Lipinski definition) is 5. The average molecular weight is 488 g/mol. The molecule has 0 radical (unpaired) electrons. The van der Waals surface area contributed by atoms with Crippen molar-refractivity contribution in [3.63, 3.8) is 0 Å². The Balaban J connectivity index is 1.27. The van der Waals surface area contributed by atoms with Gasteiger partial charge in [-0.05, 0) is 53.8 Å². The first-order valence-electron chi connectivity index (χ1n) is 11.8. The van der Waals surface area contributed by atoms with Crippen molar-refractivity contribution in [3.8, 4) is 11.1 Å². The Labute approximate surface area is 209 Å². The third-order valence-electron chi connectivity index (χ3n) is 6.23. The molecule has 1 aliphatic rings. The average Bonchev–Trinajstić information content (AvgIpc) is 3.21. The highest BCUT2D eigenvalue weighted by molar-refractivity contribution is 5.97. The van der Waals surface area contributed by atoms with Crippen LogP contribution in [0.25, 0.3) is 11.1 Å². The summed E-state index contributed by atoms with van der Waals surface area (Å²) < 4.78 is 5.48. The number of amides is 3. The summed E-state index contributed by atoms with van der Waals surface area (Å²) in [5.74, 6) is -1.00. The molecule has 36 heavy (non-hydrogen) atoms. The summed E-state index contributed by atoms with van der Waals surface area (Å²) in [6.07, 6.45) is -0.708. The number of benzene rings is 3. The van der Waals surface area contributed by atoms with Crippen molar-refractivity contribution in [1.82, 2.24) is 10.6 Å². The first-order valence-corrected chi connectivity index (χ1v) is 11.8. The van der Waals surface area contributed by atoms with Crippen molar-refractivity contribution in [1.29, 1.82) is 0 Å². The SMILES string of the molecule is C[C@H](NC(=O)[C@@H](C)NC(=O)OCC1c2ccccc2-c2ccccc21)C(=O)Nc1ccc(CO)cc1. The summed E-state index contributed by atoms with van der Waals surface area (Å²) in [7, 11) is 0. The second-order valence-corrected chi connectivity index (χ2v) is 8.77. The van der Waals surface area contributed by atoms with Gasteiger partial charge in [0.15, 0.2) is 0 Å². The fourth-order valence-electron chi connectivity index (χ4n) is 4.23. The summed E-state index contributed by atoms with van der Waals surface area (Å²) in [6, 6.07) is 21.1. The lowest BCUT2D eigenvalue weighted by atomic mass is 9.98. The van der Waals surface area contributed by atoms with Crippen molar-refractivity contribution in [3.05, 3.63) is 89.5 Å². The van der Waals surface area contributed by atoms with Crippen molar-refractivity contribution in [2.75, 3.05) is 11.9 Å². The van der Waals surface area contributed by atoms with Gasteiger partial charge < -0.3 is 25.8 Å². The predicted molar refractivity (Wildman–Crippen MR) is 136 cm³/mol. The van der Waals surface area contributed by atoms with Crippen molar-refractivity contribution in [2.24, 2.45) is 0 Å². The maximum Gasteiger partial charge on any atom is 0.407 e. The molecule has 4 N–H and O–H groups in total. The zero-order valence-electron chi connectivity index (χ0n) is 20.2. The zero-order chi connectivity index (χ0) is 25.7. The molecule has 0 saturated carbocycles. The maximum atomic E-state index is 12.5. The number of aliphatic hydroxyl groups excluding tert-OH is 1. The minimum atomic E-state index is -0.903. The molecule has 0 fully saturated rings. The van der Waals surface area contributed by atoms with Crippen LogP contribution in [0.3, 0.4) is 0 Å². The van der Waals surface area contributed by atoms with E-state index in [1.54, 1.807) is 31.2 Å². The molecule has 0 saturated heterocycles. The quantitative estimate of drug-likeness (QED) is 0.388. The molecule has 186 valence electrons. The van der Waals surface area contributed by atoms with Gasteiger partial charge in [0.05, 0.1) is 6.61 Å². The molecule has 0 spiro atoms. The summed E-state index contributed by atoms with van der Waals surface area (Å²) in [5, 5.41) is 16.9. The molecular weight excluding hydrogens is 458 g/mol. The van der Waals surface area contributed by atoms with Crippen LogP contribution in [-0.4, -0.2) is 41.7 Å². The normalized spacial score (nSPS) is 13.6. The molecule has 4 rings (SSSR count). The summed E-state index contributed by atoms with van der Waals surface area (Å²) in [4.78, 5) is 37.4. The van der Waals surface area contributed by atoms with Crippen LogP contribution >= 0.6 is 0 Å². The van der Waals surface area contributed by atoms with Crippen LogP contribution in [0.5, 0.6) is 0 Å². The van der Waals surface area contributed by atoms with E-state index in [4.69, 9.17) is 9.84 Å². The van der Waals surface area contributed by atoms with Gasteiger partial charge in [-0.2, -0.15) is 0 Å². The Bertz CT molecular complexity index is 1210. The van der Waals surface area contributed by atoms with Gasteiger partial charge in [0.25, 0.3) is 0 Å². The van der Waals surface area contributed by atoms with Crippen LogP contribution in [0.2, 0.25) is 0 Å². The van der Waals surface area contributed by atoms with E-state index in [1.165, 1.54) is 6.92 Å². The number of carbonyl (C=O) groups excluding carboxylic acids is 3. The maximum absolute atomic E-state index is 12.5. The smallest absolute Gasteiger partial charge is 0.407 e. The van der Waals surface area contributed by atoms with Gasteiger partial charge in [-0.25, -0.2) is 4.79 Å². The number of carbonyl (C=O) groups is 3. The van der Waals surface area contributed by atoms with E-state index in [2.05, 4.69) is 28.1 Å². The molecule has 2 atom stereocenters. The summed E-state index contributed by atoms with van der Waals surface area (Å²) in [5.41, 5.74) is 5.73. The second-order valence-electron chi connectivity index (χ2n) is 8.77. The van der Waals surface area contributed by atoms with E-state index in [9.17, 15) is 14.4 Å². The van der Waals surface area contributed by atoms with Crippen LogP contribution in [0.4, 0.5) is 10.5 Å². The largest absolute Gasteiger partial charge is 0.449 e. The van der Waals surface area contributed by atoms with E-state index in [0.717, 1.165) is 27.8 Å². The van der Waals surface area contributed by atoms with Gasteiger partial charge in [-0.3, -0.25) is 9.59 Å². The Morgan fingerprint density at radius 1 is 0.806 bits per heavy atom. The number of ether oxygens (including phenoxy) is 1. The van der Waals surface area contributed by atoms with Gasteiger partial charge in [0.2, 0.25) is 11.8 Å². The Morgan fingerprint density at radius 2 is 1.36 bits per heavy atom. The zero-order valence-corrected chi connectivity index (χ0v) is 20.2. The van der Waals surface area contributed by atoms with Gasteiger partial charge in [0, 0.05) is 11.6 Å². The van der Waals surface area contributed by atoms with E-state index < -0.39 is 30.0 Å². The van der Waals surface area contributed by atoms with Crippen LogP contribution in [0.15, 0.2) is 72.8 Å². The summed E-state index contributed by atoms with van der Waals surface area (Å²) >= 11 is 0. The molecule has 0 aromatic heterocycles. The fourth-order valence-corrected chi connectivity index (χ4v) is 4.23. The van der Waals surface area contributed by atoms with Gasteiger partial charge in [-0.1, -0.05) is 60.7 Å². The molecule has 8 heteroatoms. The number of alkyl carbamates (subject to hydrolysis) is 1. The Hall–Kier alpha value is -4.17. The number of rotatable bonds is 8. The lowest BCUT2D eigenvalue weighted by molar-refractivity contribution is -0.127. The van der Waals surface area contributed by atoms with Gasteiger partial charge in [0.1, 0.15) is 18.7 Å². The monoisotopic (exact) mass is 487 g/mol. The Kier molecular flexibility index (Phi) is 7.65. The third-order valence-corrected chi connectivity index (χ3v) is 6.23. The molecule has 1 aliphatic carbocycles. The minimum Gasteiger partial charge on any atom is -0.449 e. The molecule has 3 aromatic rings. The fraction of sp³-hybridized carbons (Fsp3) is 0.250.